The Morgan fingerprint density at radius 1 is 1.38 bits per heavy atom. The van der Waals surface area contributed by atoms with E-state index in [-0.39, 0.29) is 6.61 Å². The molecule has 86 valence electrons. The highest BCUT2D eigenvalue weighted by Gasteiger charge is 2.10. The van der Waals surface area contributed by atoms with Gasteiger partial charge in [0.15, 0.2) is 0 Å². The van der Waals surface area contributed by atoms with E-state index in [4.69, 9.17) is 0 Å². The van der Waals surface area contributed by atoms with E-state index in [1.54, 1.807) is 0 Å². The third kappa shape index (κ3) is 2.42. The van der Waals surface area contributed by atoms with Gasteiger partial charge in [-0.3, -0.25) is 0 Å². The zero-order chi connectivity index (χ0) is 11.4. The number of aryl methyl sites for hydroxylation is 1. The van der Waals surface area contributed by atoms with E-state index in [0.29, 0.717) is 0 Å². The summed E-state index contributed by atoms with van der Waals surface area (Å²) in [6.07, 6.45) is 6.35. The van der Waals surface area contributed by atoms with Crippen molar-refractivity contribution >= 4 is 5.82 Å². The van der Waals surface area contributed by atoms with Crippen LogP contribution in [0, 0.1) is 0 Å². The molecule has 0 bridgehead atoms. The highest BCUT2D eigenvalue weighted by atomic mass is 16.3. The minimum Gasteiger partial charge on any atom is -0.392 e. The van der Waals surface area contributed by atoms with Crippen LogP contribution in [0.15, 0.2) is 24.3 Å². The average molecular weight is 218 g/mol. The summed E-state index contributed by atoms with van der Waals surface area (Å²) in [4.78, 5) is 6.85. The van der Waals surface area contributed by atoms with Crippen LogP contribution >= 0.6 is 0 Å². The first-order valence-electron chi connectivity index (χ1n) is 5.84. The number of rotatable bonds is 3. The number of anilines is 1. The topological polar surface area (TPSA) is 36.4 Å². The number of hydrogen-bond acceptors (Lipinski definition) is 3. The smallest absolute Gasteiger partial charge is 0.129 e. The van der Waals surface area contributed by atoms with Gasteiger partial charge in [0.1, 0.15) is 5.82 Å². The highest BCUT2D eigenvalue weighted by molar-refractivity contribution is 5.44. The molecule has 0 saturated carbocycles. The lowest BCUT2D eigenvalue weighted by molar-refractivity contribution is 0.281. The molecule has 1 aromatic heterocycles. The third-order valence-corrected chi connectivity index (χ3v) is 2.85. The number of aliphatic hydroxyl groups is 1. The van der Waals surface area contributed by atoms with Crippen LogP contribution in [0.25, 0.3) is 0 Å². The molecule has 2 rings (SSSR count). The average Bonchev–Trinajstić information content (AvgIpc) is 2.39. The van der Waals surface area contributed by atoms with E-state index >= 15 is 0 Å². The van der Waals surface area contributed by atoms with Crippen LogP contribution in [0.3, 0.4) is 0 Å². The van der Waals surface area contributed by atoms with Gasteiger partial charge in [0.2, 0.25) is 0 Å². The molecule has 0 saturated heterocycles. The first-order chi connectivity index (χ1) is 7.83. The van der Waals surface area contributed by atoms with Gasteiger partial charge in [-0.2, -0.15) is 0 Å². The molecule has 3 heteroatoms. The fourth-order valence-electron chi connectivity index (χ4n) is 1.92. The van der Waals surface area contributed by atoms with Crippen molar-refractivity contribution < 1.29 is 5.11 Å². The van der Waals surface area contributed by atoms with Crippen LogP contribution < -0.4 is 4.90 Å². The van der Waals surface area contributed by atoms with Crippen LogP contribution in [0.5, 0.6) is 0 Å². The fourth-order valence-corrected chi connectivity index (χ4v) is 1.92. The maximum absolute atomic E-state index is 9.22. The number of aromatic nitrogens is 1. The molecule has 2 heterocycles. The van der Waals surface area contributed by atoms with Gasteiger partial charge in [0.25, 0.3) is 0 Å². The van der Waals surface area contributed by atoms with Crippen molar-refractivity contribution in [1.82, 2.24) is 4.98 Å². The molecule has 16 heavy (non-hydrogen) atoms. The van der Waals surface area contributed by atoms with Gasteiger partial charge < -0.3 is 10.0 Å². The second kappa shape index (κ2) is 5.12. The Labute approximate surface area is 96.4 Å². The van der Waals surface area contributed by atoms with Gasteiger partial charge in [0.05, 0.1) is 6.61 Å². The van der Waals surface area contributed by atoms with E-state index in [1.807, 2.05) is 12.1 Å². The van der Waals surface area contributed by atoms with Crippen molar-refractivity contribution in [3.05, 3.63) is 35.5 Å². The molecule has 3 nitrogen and oxygen atoms in total. The normalized spacial score (nSPS) is 15.5. The van der Waals surface area contributed by atoms with E-state index in [9.17, 15) is 5.11 Å². The molecule has 0 spiro atoms. The standard InChI is InChI=1S/C13H18N2O/c1-2-12-8-11(10-16)9-13(14-12)15-6-4-3-5-7-15/h3-4,8-9,16H,2,5-7,10H2,1H3. The first-order valence-corrected chi connectivity index (χ1v) is 5.84. The van der Waals surface area contributed by atoms with Crippen molar-refractivity contribution in [1.29, 1.82) is 0 Å². The molecule has 0 aromatic carbocycles. The molecule has 1 aliphatic rings. The molecule has 0 aliphatic carbocycles. The SMILES string of the molecule is CCc1cc(CO)cc(N2CC=CCC2)n1. The van der Waals surface area contributed by atoms with Gasteiger partial charge >= 0.3 is 0 Å². The van der Waals surface area contributed by atoms with Crippen molar-refractivity contribution in [2.45, 2.75) is 26.4 Å². The molecule has 0 radical (unpaired) electrons. The second-order valence-corrected chi connectivity index (χ2v) is 4.04. The molecule has 0 amide bonds. The quantitative estimate of drug-likeness (QED) is 0.787. The van der Waals surface area contributed by atoms with Crippen LogP contribution in [0.4, 0.5) is 5.82 Å². The van der Waals surface area contributed by atoms with Crippen molar-refractivity contribution in [3.8, 4) is 0 Å². The van der Waals surface area contributed by atoms with Crippen molar-refractivity contribution in [2.75, 3.05) is 18.0 Å². The molecular formula is C13H18N2O. The zero-order valence-electron chi connectivity index (χ0n) is 9.69. The molecule has 1 aromatic rings. The zero-order valence-corrected chi connectivity index (χ0v) is 9.69. The Kier molecular flexibility index (Phi) is 3.57. The summed E-state index contributed by atoms with van der Waals surface area (Å²) in [5.74, 6) is 0.993. The fraction of sp³-hybridized carbons (Fsp3) is 0.462. The number of nitrogens with zero attached hydrogens (tertiary/aromatic N) is 2. The highest BCUT2D eigenvalue weighted by Crippen LogP contribution is 2.18. The molecule has 0 atom stereocenters. The lowest BCUT2D eigenvalue weighted by Crippen LogP contribution is -2.28. The summed E-state index contributed by atoms with van der Waals surface area (Å²) in [7, 11) is 0. The van der Waals surface area contributed by atoms with Gasteiger partial charge in [0, 0.05) is 18.8 Å². The lowest BCUT2D eigenvalue weighted by atomic mass is 10.2. The van der Waals surface area contributed by atoms with Gasteiger partial charge in [-0.15, -0.1) is 0 Å². The Morgan fingerprint density at radius 3 is 2.88 bits per heavy atom. The Bertz CT molecular complexity index is 365. The van der Waals surface area contributed by atoms with Crippen LogP contribution in [0.2, 0.25) is 0 Å². The first kappa shape index (κ1) is 11.1. The molecular weight excluding hydrogens is 200 g/mol. The third-order valence-electron chi connectivity index (χ3n) is 2.85. The predicted octanol–water partition coefficient (Wildman–Crippen LogP) is 1.90. The van der Waals surface area contributed by atoms with Gasteiger partial charge in [-0.05, 0) is 30.5 Å². The maximum atomic E-state index is 9.22. The van der Waals surface area contributed by atoms with Crippen molar-refractivity contribution in [3.63, 3.8) is 0 Å². The lowest BCUT2D eigenvalue weighted by Gasteiger charge is -2.25. The molecule has 1 aliphatic heterocycles. The van der Waals surface area contributed by atoms with E-state index in [1.165, 1.54) is 0 Å². The summed E-state index contributed by atoms with van der Waals surface area (Å²) < 4.78 is 0. The van der Waals surface area contributed by atoms with Gasteiger partial charge in [-0.1, -0.05) is 19.1 Å². The number of aliphatic hydroxyl groups excluding tert-OH is 1. The summed E-state index contributed by atoms with van der Waals surface area (Å²) in [5, 5.41) is 9.22. The Morgan fingerprint density at radius 2 is 2.25 bits per heavy atom. The van der Waals surface area contributed by atoms with E-state index in [2.05, 4.69) is 29.0 Å². The minimum absolute atomic E-state index is 0.0895. The summed E-state index contributed by atoms with van der Waals surface area (Å²) in [5.41, 5.74) is 2.01. The van der Waals surface area contributed by atoms with Gasteiger partial charge in [-0.25, -0.2) is 4.98 Å². The summed E-state index contributed by atoms with van der Waals surface area (Å²) >= 11 is 0. The van der Waals surface area contributed by atoms with E-state index in [0.717, 1.165) is 43.0 Å². The molecule has 0 unspecified atom stereocenters. The Balaban J connectivity index is 2.28. The Hall–Kier alpha value is -1.35. The second-order valence-electron chi connectivity index (χ2n) is 4.04. The predicted molar refractivity (Wildman–Crippen MR) is 65.5 cm³/mol. The monoisotopic (exact) mass is 218 g/mol. The van der Waals surface area contributed by atoms with Crippen LogP contribution in [-0.4, -0.2) is 23.2 Å². The van der Waals surface area contributed by atoms with Crippen LogP contribution in [-0.2, 0) is 13.0 Å². The van der Waals surface area contributed by atoms with Crippen LogP contribution in [0.1, 0.15) is 24.6 Å². The maximum Gasteiger partial charge on any atom is 0.129 e. The summed E-state index contributed by atoms with van der Waals surface area (Å²) in [6, 6.07) is 3.96. The number of hydrogen-bond donors (Lipinski definition) is 1. The molecule has 1 N–H and O–H groups in total. The van der Waals surface area contributed by atoms with E-state index < -0.39 is 0 Å². The summed E-state index contributed by atoms with van der Waals surface area (Å²) in [6.45, 7) is 4.11. The largest absolute Gasteiger partial charge is 0.392 e. The molecule has 0 fully saturated rings. The minimum atomic E-state index is 0.0895. The van der Waals surface area contributed by atoms with Crippen molar-refractivity contribution in [2.24, 2.45) is 0 Å². The number of pyridine rings is 1.